The Morgan fingerprint density at radius 3 is 2.19 bits per heavy atom. The summed E-state index contributed by atoms with van der Waals surface area (Å²) >= 11 is 6.09. The molecule has 3 aromatic carbocycles. The molecule has 31 heavy (non-hydrogen) atoms. The maximum absolute atomic E-state index is 12.9. The third-order valence-corrected chi connectivity index (χ3v) is 5.30. The molecule has 1 unspecified atom stereocenters. The van der Waals surface area contributed by atoms with Gasteiger partial charge < -0.3 is 10.4 Å². The molecule has 1 aliphatic rings. The van der Waals surface area contributed by atoms with Crippen molar-refractivity contribution in [3.05, 3.63) is 100 Å². The Kier molecular flexibility index (Phi) is 5.84. The van der Waals surface area contributed by atoms with Gasteiger partial charge in [0.25, 0.3) is 11.8 Å². The van der Waals surface area contributed by atoms with Gasteiger partial charge in [0.15, 0.2) is 5.78 Å². The maximum Gasteiger partial charge on any atom is 0.261 e. The van der Waals surface area contributed by atoms with Crippen molar-refractivity contribution in [1.29, 1.82) is 0 Å². The molecular weight excluding hydrogens is 416 g/mol. The molecule has 2 N–H and O–H groups in total. The topological polar surface area (TPSA) is 86.7 Å². The molecule has 3 aromatic rings. The number of aliphatic hydroxyl groups excluding tert-OH is 1. The molecule has 1 atom stereocenters. The van der Waals surface area contributed by atoms with Gasteiger partial charge in [-0.3, -0.25) is 19.3 Å². The Labute approximate surface area is 184 Å². The third kappa shape index (κ3) is 4.21. The van der Waals surface area contributed by atoms with Gasteiger partial charge in [0.05, 0.1) is 23.8 Å². The molecule has 0 fully saturated rings. The van der Waals surface area contributed by atoms with E-state index in [1.165, 1.54) is 0 Å². The number of nitrogens with zero attached hydrogens (tertiary/aromatic N) is 1. The van der Waals surface area contributed by atoms with E-state index in [9.17, 15) is 19.5 Å². The van der Waals surface area contributed by atoms with E-state index >= 15 is 0 Å². The number of benzene rings is 3. The SMILES string of the molecule is O=C(c1ccccc1)c1cc(Cl)ccc1NCC(O)CN1C(=O)c2ccccc2C1=O. The van der Waals surface area contributed by atoms with Crippen molar-refractivity contribution in [3.8, 4) is 0 Å². The zero-order chi connectivity index (χ0) is 22.0. The van der Waals surface area contributed by atoms with E-state index in [0.29, 0.717) is 33.0 Å². The number of hydrogen-bond acceptors (Lipinski definition) is 5. The number of fused-ring (bicyclic) bond motifs is 1. The first-order chi connectivity index (χ1) is 15.0. The van der Waals surface area contributed by atoms with E-state index in [2.05, 4.69) is 5.32 Å². The fourth-order valence-corrected chi connectivity index (χ4v) is 3.68. The van der Waals surface area contributed by atoms with Gasteiger partial charge in [0.2, 0.25) is 0 Å². The molecule has 2 amide bonds. The van der Waals surface area contributed by atoms with Crippen molar-refractivity contribution in [2.24, 2.45) is 0 Å². The van der Waals surface area contributed by atoms with Crippen LogP contribution >= 0.6 is 11.6 Å². The van der Waals surface area contributed by atoms with Crippen LogP contribution in [0.1, 0.15) is 36.6 Å². The summed E-state index contributed by atoms with van der Waals surface area (Å²) in [6, 6.07) is 20.2. The lowest BCUT2D eigenvalue weighted by molar-refractivity contribution is 0.0557. The summed E-state index contributed by atoms with van der Waals surface area (Å²) < 4.78 is 0. The van der Waals surface area contributed by atoms with Crippen LogP contribution in [-0.2, 0) is 0 Å². The van der Waals surface area contributed by atoms with Crippen molar-refractivity contribution >= 4 is 34.9 Å². The van der Waals surface area contributed by atoms with Crippen LogP contribution in [0.5, 0.6) is 0 Å². The van der Waals surface area contributed by atoms with E-state index in [-0.39, 0.29) is 18.9 Å². The fourth-order valence-electron chi connectivity index (χ4n) is 3.51. The standard InChI is InChI=1S/C24H19ClN2O4/c25-16-10-11-21(20(12-16)22(29)15-6-2-1-3-7-15)26-13-17(28)14-27-23(30)18-8-4-5-9-19(18)24(27)31/h1-12,17,26,28H,13-14H2. The van der Waals surface area contributed by atoms with Gasteiger partial charge in [-0.1, -0.05) is 54.1 Å². The predicted molar refractivity (Wildman–Crippen MR) is 118 cm³/mol. The summed E-state index contributed by atoms with van der Waals surface area (Å²) in [5.41, 5.74) is 2.05. The molecule has 1 heterocycles. The first kappa shape index (κ1) is 20.8. The van der Waals surface area contributed by atoms with Crippen LogP contribution in [0.15, 0.2) is 72.8 Å². The maximum atomic E-state index is 12.9. The number of carbonyl (C=O) groups excluding carboxylic acids is 3. The predicted octanol–water partition coefficient (Wildman–Crippen LogP) is 3.64. The van der Waals surface area contributed by atoms with Crippen LogP contribution in [0.3, 0.4) is 0 Å². The van der Waals surface area contributed by atoms with Gasteiger partial charge in [0, 0.05) is 28.4 Å². The van der Waals surface area contributed by atoms with Gasteiger partial charge in [-0.2, -0.15) is 0 Å². The number of imide groups is 1. The molecule has 0 bridgehead atoms. The van der Waals surface area contributed by atoms with Gasteiger partial charge in [-0.05, 0) is 30.3 Å². The van der Waals surface area contributed by atoms with E-state index in [0.717, 1.165) is 4.90 Å². The number of ketones is 1. The largest absolute Gasteiger partial charge is 0.389 e. The zero-order valence-corrected chi connectivity index (χ0v) is 17.2. The molecule has 7 heteroatoms. The number of β-amino-alcohol motifs (C(OH)–C–C–N with tert-alkyl or cyclic N) is 1. The summed E-state index contributed by atoms with van der Waals surface area (Å²) in [6.07, 6.45) is -1.03. The quantitative estimate of drug-likeness (QED) is 0.438. The van der Waals surface area contributed by atoms with Gasteiger partial charge >= 0.3 is 0 Å². The van der Waals surface area contributed by atoms with Crippen LogP contribution in [0.25, 0.3) is 0 Å². The molecule has 0 saturated carbocycles. The van der Waals surface area contributed by atoms with Crippen molar-refractivity contribution in [3.63, 3.8) is 0 Å². The number of anilines is 1. The van der Waals surface area contributed by atoms with Crippen LogP contribution in [-0.4, -0.2) is 46.8 Å². The summed E-state index contributed by atoms with van der Waals surface area (Å²) in [6.45, 7) is -0.126. The highest BCUT2D eigenvalue weighted by Gasteiger charge is 2.36. The fraction of sp³-hybridized carbons (Fsp3) is 0.125. The Bertz CT molecular complexity index is 1130. The summed E-state index contributed by atoms with van der Waals surface area (Å²) in [4.78, 5) is 38.9. The number of amides is 2. The lowest BCUT2D eigenvalue weighted by Crippen LogP contribution is -2.39. The molecule has 0 aliphatic carbocycles. The van der Waals surface area contributed by atoms with Gasteiger partial charge in [0.1, 0.15) is 0 Å². The second kappa shape index (κ2) is 8.71. The van der Waals surface area contributed by atoms with Crippen LogP contribution in [0.2, 0.25) is 5.02 Å². The molecule has 1 aliphatic heterocycles. The lowest BCUT2D eigenvalue weighted by Gasteiger charge is -2.20. The van der Waals surface area contributed by atoms with Crippen LogP contribution in [0.4, 0.5) is 5.69 Å². The number of halogens is 1. The number of aliphatic hydroxyl groups is 1. The van der Waals surface area contributed by atoms with Crippen molar-refractivity contribution in [2.75, 3.05) is 18.4 Å². The van der Waals surface area contributed by atoms with E-state index < -0.39 is 17.9 Å². The minimum absolute atomic E-state index is 0.0319. The van der Waals surface area contributed by atoms with Crippen molar-refractivity contribution in [2.45, 2.75) is 6.10 Å². The van der Waals surface area contributed by atoms with E-state index in [1.54, 1.807) is 66.7 Å². The number of rotatable bonds is 7. The minimum Gasteiger partial charge on any atom is -0.389 e. The molecule has 6 nitrogen and oxygen atoms in total. The average molecular weight is 435 g/mol. The summed E-state index contributed by atoms with van der Waals surface area (Å²) in [5.74, 6) is -1.06. The summed E-state index contributed by atoms with van der Waals surface area (Å²) in [7, 11) is 0. The van der Waals surface area contributed by atoms with E-state index in [1.807, 2.05) is 6.07 Å². The number of hydrogen-bond donors (Lipinski definition) is 2. The first-order valence-electron chi connectivity index (χ1n) is 9.72. The third-order valence-electron chi connectivity index (χ3n) is 5.06. The molecule has 0 aromatic heterocycles. The monoisotopic (exact) mass is 434 g/mol. The number of carbonyl (C=O) groups is 3. The first-order valence-corrected chi connectivity index (χ1v) is 10.1. The van der Waals surface area contributed by atoms with E-state index in [4.69, 9.17) is 11.6 Å². The van der Waals surface area contributed by atoms with Gasteiger partial charge in [-0.25, -0.2) is 0 Å². The highest BCUT2D eigenvalue weighted by atomic mass is 35.5. The highest BCUT2D eigenvalue weighted by molar-refractivity contribution is 6.31. The lowest BCUT2D eigenvalue weighted by atomic mass is 10.0. The van der Waals surface area contributed by atoms with Gasteiger partial charge in [-0.15, -0.1) is 0 Å². The Hall–Kier alpha value is -3.48. The smallest absolute Gasteiger partial charge is 0.261 e. The summed E-state index contributed by atoms with van der Waals surface area (Å²) in [5, 5.41) is 13.9. The molecule has 0 radical (unpaired) electrons. The van der Waals surface area contributed by atoms with Crippen molar-refractivity contribution < 1.29 is 19.5 Å². The normalized spacial score (nSPS) is 13.8. The molecule has 156 valence electrons. The molecule has 0 spiro atoms. The van der Waals surface area contributed by atoms with Crippen LogP contribution < -0.4 is 5.32 Å². The molecular formula is C24H19ClN2O4. The second-order valence-electron chi connectivity index (χ2n) is 7.19. The Morgan fingerprint density at radius 1 is 0.935 bits per heavy atom. The second-order valence-corrected chi connectivity index (χ2v) is 7.62. The van der Waals surface area contributed by atoms with Crippen LogP contribution in [0, 0.1) is 0 Å². The van der Waals surface area contributed by atoms with Crippen molar-refractivity contribution in [1.82, 2.24) is 4.90 Å². The average Bonchev–Trinajstić information content (AvgIpc) is 3.03. The molecule has 0 saturated heterocycles. The Balaban J connectivity index is 1.46. The Morgan fingerprint density at radius 2 is 1.55 bits per heavy atom. The minimum atomic E-state index is -1.03. The highest BCUT2D eigenvalue weighted by Crippen LogP contribution is 2.25. The molecule has 4 rings (SSSR count). The number of nitrogens with one attached hydrogen (secondary N) is 1. The zero-order valence-electron chi connectivity index (χ0n) is 16.4.